The number of benzene rings is 2. The molecule has 0 aliphatic heterocycles. The molecule has 0 unspecified atom stereocenters. The van der Waals surface area contributed by atoms with E-state index < -0.39 is 15.8 Å². The number of carboxylic acid groups (broad SMARTS) is 1. The second-order valence-corrected chi connectivity index (χ2v) is 8.66. The van der Waals surface area contributed by atoms with Crippen molar-refractivity contribution in [2.24, 2.45) is 0 Å². The van der Waals surface area contributed by atoms with Crippen molar-refractivity contribution >= 4 is 21.5 Å². The molecule has 0 spiro atoms. The molecular weight excluding hydrogens is 374 g/mol. The van der Waals surface area contributed by atoms with Crippen LogP contribution >= 0.6 is 0 Å². The smallest absolute Gasteiger partial charge is 0.327 e. The molecule has 0 amide bonds. The van der Waals surface area contributed by atoms with Gasteiger partial charge in [0.25, 0.3) is 0 Å². The lowest BCUT2D eigenvalue weighted by Crippen LogP contribution is -2.16. The summed E-state index contributed by atoms with van der Waals surface area (Å²) in [6, 6.07) is 16.0. The van der Waals surface area contributed by atoms with Crippen LogP contribution in [0.2, 0.25) is 0 Å². The maximum atomic E-state index is 12.4. The van der Waals surface area contributed by atoms with Gasteiger partial charge in [-0.1, -0.05) is 55.5 Å². The van der Waals surface area contributed by atoms with Crippen LogP contribution in [-0.4, -0.2) is 31.0 Å². The van der Waals surface area contributed by atoms with Crippen molar-refractivity contribution in [3.8, 4) is 0 Å². The summed E-state index contributed by atoms with van der Waals surface area (Å²) in [5.74, 6) is -1.18. The second kappa shape index (κ2) is 9.99. The summed E-state index contributed by atoms with van der Waals surface area (Å²) >= 11 is 0. The van der Waals surface area contributed by atoms with E-state index in [2.05, 4.69) is 0 Å². The molecule has 0 heterocycles. The number of hydrogen-bond donors (Lipinski definition) is 2. The third-order valence-electron chi connectivity index (χ3n) is 4.57. The molecule has 2 N–H and O–H groups in total. The van der Waals surface area contributed by atoms with Crippen LogP contribution < -0.4 is 0 Å². The Balaban J connectivity index is 2.02. The number of allylic oxidation sites excluding steroid dienone is 1. The van der Waals surface area contributed by atoms with Crippen molar-refractivity contribution in [1.82, 2.24) is 0 Å². The van der Waals surface area contributed by atoms with E-state index in [1.807, 2.05) is 31.2 Å². The fourth-order valence-corrected chi connectivity index (χ4v) is 4.33. The van der Waals surface area contributed by atoms with Crippen molar-refractivity contribution in [3.05, 3.63) is 77.9 Å². The summed E-state index contributed by atoms with van der Waals surface area (Å²) in [7, 11) is -3.40. The zero-order valence-corrected chi connectivity index (χ0v) is 16.7. The van der Waals surface area contributed by atoms with Crippen molar-refractivity contribution in [2.45, 2.75) is 37.0 Å². The molecule has 0 radical (unpaired) electrons. The van der Waals surface area contributed by atoms with Crippen LogP contribution in [0.5, 0.6) is 0 Å². The Labute approximate surface area is 166 Å². The number of nitrogens with one attached hydrogen (secondary N) is 1. The van der Waals surface area contributed by atoms with E-state index >= 15 is 0 Å². The average Bonchev–Trinajstić information content (AvgIpc) is 2.68. The first-order valence-corrected chi connectivity index (χ1v) is 10.8. The van der Waals surface area contributed by atoms with Crippen LogP contribution in [0, 0.1) is 5.41 Å². The van der Waals surface area contributed by atoms with Gasteiger partial charge in [0.2, 0.25) is 0 Å². The molecule has 0 saturated carbocycles. The molecule has 0 bridgehead atoms. The van der Waals surface area contributed by atoms with Crippen LogP contribution in [0.3, 0.4) is 0 Å². The van der Waals surface area contributed by atoms with Gasteiger partial charge in [-0.05, 0) is 42.5 Å². The minimum Gasteiger partial charge on any atom is -0.478 e. The molecule has 2 rings (SSSR count). The van der Waals surface area contributed by atoms with Gasteiger partial charge < -0.3 is 10.5 Å². The number of carboxylic acids is 1. The second-order valence-electron chi connectivity index (χ2n) is 6.55. The Morgan fingerprint density at radius 1 is 1.11 bits per heavy atom. The molecular formula is C22H25NO4S. The first-order chi connectivity index (χ1) is 13.3. The van der Waals surface area contributed by atoms with E-state index in [9.17, 15) is 13.2 Å². The monoisotopic (exact) mass is 399 g/mol. The van der Waals surface area contributed by atoms with Crippen molar-refractivity contribution in [1.29, 1.82) is 5.41 Å². The van der Waals surface area contributed by atoms with E-state index in [4.69, 9.17) is 10.5 Å². The summed E-state index contributed by atoms with van der Waals surface area (Å²) in [6.45, 7) is 1.98. The minimum atomic E-state index is -3.40. The standard InChI is InChI=1S/C22H25NO4S/c1-2-20(18-13-11-17(12-14-18)7-6-10-22(24)25)21(23)15-16-28(26,27)19-8-4-3-5-9-19/h3-6,8-14,20,23H,2,7,15-16H2,1H3,(H,24,25)/b10-6+,23-21?/t20-/m0/s1. The highest BCUT2D eigenvalue weighted by molar-refractivity contribution is 7.91. The number of hydrogen-bond acceptors (Lipinski definition) is 4. The molecule has 2 aromatic carbocycles. The summed E-state index contributed by atoms with van der Waals surface area (Å²) in [4.78, 5) is 10.8. The maximum absolute atomic E-state index is 12.4. The molecule has 6 heteroatoms. The van der Waals surface area contributed by atoms with E-state index in [1.165, 1.54) is 0 Å². The topological polar surface area (TPSA) is 95.3 Å². The van der Waals surface area contributed by atoms with Gasteiger partial charge in [-0.2, -0.15) is 0 Å². The Bertz CT molecular complexity index is 932. The predicted octanol–water partition coefficient (Wildman–Crippen LogP) is 4.25. The zero-order chi connectivity index (χ0) is 20.6. The van der Waals surface area contributed by atoms with Gasteiger partial charge in [0.05, 0.1) is 10.6 Å². The third kappa shape index (κ3) is 6.16. The maximum Gasteiger partial charge on any atom is 0.327 e. The van der Waals surface area contributed by atoms with E-state index in [0.717, 1.165) is 17.2 Å². The lowest BCUT2D eigenvalue weighted by atomic mass is 9.89. The fourth-order valence-electron chi connectivity index (χ4n) is 3.03. The Morgan fingerprint density at radius 2 is 1.75 bits per heavy atom. The molecule has 0 saturated heterocycles. The minimum absolute atomic E-state index is 0.0790. The Morgan fingerprint density at radius 3 is 2.32 bits per heavy atom. The molecule has 1 atom stereocenters. The van der Waals surface area contributed by atoms with E-state index in [0.29, 0.717) is 18.6 Å². The van der Waals surface area contributed by atoms with E-state index in [1.54, 1.807) is 36.4 Å². The Kier molecular flexibility index (Phi) is 7.70. The predicted molar refractivity (Wildman–Crippen MR) is 111 cm³/mol. The van der Waals surface area contributed by atoms with Crippen LogP contribution in [0.25, 0.3) is 0 Å². The average molecular weight is 400 g/mol. The first kappa shape index (κ1) is 21.6. The normalized spacial score (nSPS) is 12.8. The SMILES string of the molecule is CC[C@H](C(=N)CCS(=O)(=O)c1ccccc1)c1ccc(C/C=C/C(=O)O)cc1. The van der Waals surface area contributed by atoms with Crippen LogP contribution in [0.1, 0.15) is 36.8 Å². The molecule has 5 nitrogen and oxygen atoms in total. The van der Waals surface area contributed by atoms with Gasteiger partial charge in [0, 0.05) is 17.7 Å². The van der Waals surface area contributed by atoms with Gasteiger partial charge in [-0.3, -0.25) is 0 Å². The zero-order valence-electron chi connectivity index (χ0n) is 15.8. The summed E-state index contributed by atoms with van der Waals surface area (Å²) in [5, 5.41) is 17.0. The van der Waals surface area contributed by atoms with Crippen LogP contribution in [-0.2, 0) is 21.1 Å². The van der Waals surface area contributed by atoms with Gasteiger partial charge in [-0.15, -0.1) is 0 Å². The highest BCUT2D eigenvalue weighted by Gasteiger charge is 2.19. The molecule has 0 fully saturated rings. The van der Waals surface area contributed by atoms with Gasteiger partial charge in [-0.25, -0.2) is 13.2 Å². The lowest BCUT2D eigenvalue weighted by molar-refractivity contribution is -0.131. The Hall–Kier alpha value is -2.73. The summed E-state index contributed by atoms with van der Waals surface area (Å²) in [5.41, 5.74) is 2.35. The summed E-state index contributed by atoms with van der Waals surface area (Å²) < 4.78 is 24.9. The van der Waals surface area contributed by atoms with Gasteiger partial charge in [0.1, 0.15) is 0 Å². The van der Waals surface area contributed by atoms with Gasteiger partial charge >= 0.3 is 5.97 Å². The molecule has 0 aliphatic carbocycles. The third-order valence-corrected chi connectivity index (χ3v) is 6.30. The van der Waals surface area contributed by atoms with Crippen molar-refractivity contribution in [3.63, 3.8) is 0 Å². The van der Waals surface area contributed by atoms with Crippen molar-refractivity contribution in [2.75, 3.05) is 5.75 Å². The number of aliphatic carboxylic acids is 1. The van der Waals surface area contributed by atoms with Gasteiger partial charge in [0.15, 0.2) is 9.84 Å². The van der Waals surface area contributed by atoms with Crippen LogP contribution in [0.15, 0.2) is 71.6 Å². The largest absolute Gasteiger partial charge is 0.478 e. The molecule has 28 heavy (non-hydrogen) atoms. The molecule has 148 valence electrons. The quantitative estimate of drug-likeness (QED) is 0.461. The number of carbonyl (C=O) groups is 1. The first-order valence-electron chi connectivity index (χ1n) is 9.17. The van der Waals surface area contributed by atoms with Crippen LogP contribution in [0.4, 0.5) is 0 Å². The summed E-state index contributed by atoms with van der Waals surface area (Å²) in [6.07, 6.45) is 4.13. The molecule has 0 aromatic heterocycles. The highest BCUT2D eigenvalue weighted by Crippen LogP contribution is 2.24. The lowest BCUT2D eigenvalue weighted by Gasteiger charge is -2.17. The van der Waals surface area contributed by atoms with Crippen molar-refractivity contribution < 1.29 is 18.3 Å². The molecule has 0 aliphatic rings. The molecule has 2 aromatic rings. The number of rotatable bonds is 10. The fraction of sp³-hybridized carbons (Fsp3) is 0.273. The number of sulfone groups is 1. The highest BCUT2D eigenvalue weighted by atomic mass is 32.2. The van der Waals surface area contributed by atoms with E-state index in [-0.39, 0.29) is 23.0 Å².